The van der Waals surface area contributed by atoms with Crippen molar-refractivity contribution in [2.24, 2.45) is 0 Å². The van der Waals surface area contributed by atoms with Gasteiger partial charge in [0.1, 0.15) is 5.60 Å². The number of esters is 1. The third-order valence-corrected chi connectivity index (χ3v) is 9.28. The van der Waals surface area contributed by atoms with Gasteiger partial charge < -0.3 is 19.5 Å². The van der Waals surface area contributed by atoms with E-state index in [2.05, 4.69) is 6.58 Å². The molecule has 1 fully saturated rings. The van der Waals surface area contributed by atoms with Crippen LogP contribution < -0.4 is 4.74 Å². The van der Waals surface area contributed by atoms with Gasteiger partial charge in [0.15, 0.2) is 11.6 Å². The van der Waals surface area contributed by atoms with Gasteiger partial charge in [0.25, 0.3) is 5.91 Å². The number of ether oxygens (including phenoxy) is 2. The quantitative estimate of drug-likeness (QED) is 0.0792. The smallest absolute Gasteiger partial charge is 0.330 e. The number of carbonyl (C=O) groups excluding carboxylic acids is 2. The van der Waals surface area contributed by atoms with Crippen LogP contribution in [0.2, 0.25) is 0 Å². The second-order valence-electron chi connectivity index (χ2n) is 12.3. The molecule has 5 aromatic carbocycles. The van der Waals surface area contributed by atoms with Gasteiger partial charge in [0, 0.05) is 18.2 Å². The van der Waals surface area contributed by atoms with E-state index in [-0.39, 0.29) is 17.2 Å². The zero-order valence-corrected chi connectivity index (χ0v) is 26.9. The van der Waals surface area contributed by atoms with E-state index < -0.39 is 23.4 Å². The van der Waals surface area contributed by atoms with E-state index in [1.165, 1.54) is 12.1 Å². The summed E-state index contributed by atoms with van der Waals surface area (Å²) in [4.78, 5) is 27.0. The van der Waals surface area contributed by atoms with Crippen molar-refractivity contribution in [3.05, 3.63) is 138 Å². The summed E-state index contributed by atoms with van der Waals surface area (Å²) in [5.41, 5.74) is 0.116. The van der Waals surface area contributed by atoms with E-state index in [0.717, 1.165) is 58.0 Å². The zero-order valence-electron chi connectivity index (χ0n) is 26.9. The molecule has 48 heavy (non-hydrogen) atoms. The van der Waals surface area contributed by atoms with E-state index in [0.29, 0.717) is 39.0 Å². The molecule has 0 aliphatic carbocycles. The lowest BCUT2D eigenvalue weighted by molar-refractivity contribution is -0.137. The number of rotatable bonds is 13. The first-order valence-corrected chi connectivity index (χ1v) is 16.6. The highest BCUT2D eigenvalue weighted by Crippen LogP contribution is 2.45. The predicted molar refractivity (Wildman–Crippen MR) is 186 cm³/mol. The second kappa shape index (κ2) is 14.8. The fourth-order valence-corrected chi connectivity index (χ4v) is 6.95. The molecule has 5 aromatic rings. The Bertz CT molecular complexity index is 1850. The Balaban J connectivity index is 1.24. The lowest BCUT2D eigenvalue weighted by Gasteiger charge is -2.41. The standard InChI is InChI=1S/C41H40FNO5/c1-2-39(44)48-27-10-4-3-9-26-47-37-24-23-31(28-36(37)42)40(45)43-25-13-22-38(43)41(46,34-20-11-16-29-14-5-7-18-32(29)34)35-21-12-17-30-15-6-8-19-33(30)35/h2,5-8,11-12,14-21,23-24,28,38,46H,1,3-4,9-10,13,22,25-27H2/t38-/m0/s1. The van der Waals surface area contributed by atoms with Crippen LogP contribution in [0.15, 0.2) is 116 Å². The van der Waals surface area contributed by atoms with Gasteiger partial charge in [-0.3, -0.25) is 4.79 Å². The molecule has 6 nitrogen and oxygen atoms in total. The van der Waals surface area contributed by atoms with Crippen LogP contribution in [0.1, 0.15) is 60.0 Å². The Morgan fingerprint density at radius 1 is 0.833 bits per heavy atom. The predicted octanol–water partition coefficient (Wildman–Crippen LogP) is 8.34. The first-order chi connectivity index (χ1) is 23.4. The van der Waals surface area contributed by atoms with Crippen LogP contribution in [-0.2, 0) is 15.1 Å². The number of nitrogens with zero attached hydrogens (tertiary/aromatic N) is 1. The van der Waals surface area contributed by atoms with Crippen LogP contribution in [0.3, 0.4) is 0 Å². The molecular formula is C41H40FNO5. The Hall–Kier alpha value is -5.01. The summed E-state index contributed by atoms with van der Waals surface area (Å²) in [5.74, 6) is -1.28. The minimum absolute atomic E-state index is 0.0902. The summed E-state index contributed by atoms with van der Waals surface area (Å²) in [7, 11) is 0. The van der Waals surface area contributed by atoms with Gasteiger partial charge in [-0.25, -0.2) is 9.18 Å². The summed E-state index contributed by atoms with van der Waals surface area (Å²) in [5, 5.41) is 17.0. The van der Waals surface area contributed by atoms with Crippen molar-refractivity contribution in [1.29, 1.82) is 0 Å². The molecule has 6 rings (SSSR count). The maximum atomic E-state index is 15.3. The fourth-order valence-electron chi connectivity index (χ4n) is 6.95. The minimum Gasteiger partial charge on any atom is -0.491 e. The van der Waals surface area contributed by atoms with Gasteiger partial charge in [-0.1, -0.05) is 91.5 Å². The monoisotopic (exact) mass is 645 g/mol. The zero-order chi connectivity index (χ0) is 33.5. The summed E-state index contributed by atoms with van der Waals surface area (Å²) >= 11 is 0. The highest BCUT2D eigenvalue weighted by atomic mass is 19.1. The number of unbranched alkanes of at least 4 members (excludes halogenated alkanes) is 3. The number of benzene rings is 5. The average molecular weight is 646 g/mol. The van der Waals surface area contributed by atoms with Crippen molar-refractivity contribution in [2.75, 3.05) is 19.8 Å². The Kier molecular flexibility index (Phi) is 10.2. The molecule has 0 unspecified atom stereocenters. The fraction of sp³-hybridized carbons (Fsp3) is 0.268. The summed E-state index contributed by atoms with van der Waals surface area (Å²) in [6, 6.07) is 31.5. The van der Waals surface area contributed by atoms with Gasteiger partial charge in [-0.2, -0.15) is 0 Å². The lowest BCUT2D eigenvalue weighted by Crippen LogP contribution is -2.50. The topological polar surface area (TPSA) is 76.1 Å². The third kappa shape index (κ3) is 6.69. The number of hydrogen-bond acceptors (Lipinski definition) is 5. The van der Waals surface area contributed by atoms with E-state index in [1.807, 2.05) is 84.9 Å². The van der Waals surface area contributed by atoms with Gasteiger partial charge in [-0.15, -0.1) is 0 Å². The number of amides is 1. The van der Waals surface area contributed by atoms with Crippen molar-refractivity contribution < 1.29 is 28.6 Å². The number of fused-ring (bicyclic) bond motifs is 2. The lowest BCUT2D eigenvalue weighted by atomic mass is 9.75. The van der Waals surface area contributed by atoms with Gasteiger partial charge in [-0.05, 0) is 89.4 Å². The third-order valence-electron chi connectivity index (χ3n) is 9.28. The minimum atomic E-state index is -1.55. The Morgan fingerprint density at radius 3 is 2.06 bits per heavy atom. The molecule has 1 aliphatic heterocycles. The molecule has 0 bridgehead atoms. The molecule has 1 atom stereocenters. The van der Waals surface area contributed by atoms with Gasteiger partial charge in [0.05, 0.1) is 19.3 Å². The molecule has 0 radical (unpaired) electrons. The van der Waals surface area contributed by atoms with E-state index in [1.54, 1.807) is 11.0 Å². The normalized spacial score (nSPS) is 14.7. The van der Waals surface area contributed by atoms with Gasteiger partial charge in [0.2, 0.25) is 0 Å². The SMILES string of the molecule is C=CC(=O)OCCCCCCOc1ccc(C(=O)N2CCC[C@H]2C(O)(c2cccc3ccccc23)c2cccc3ccccc23)cc1F. The first kappa shape index (κ1) is 32.9. The summed E-state index contributed by atoms with van der Waals surface area (Å²) in [6.45, 7) is 4.48. The first-order valence-electron chi connectivity index (χ1n) is 16.6. The molecule has 1 saturated heterocycles. The number of likely N-dealkylation sites (tertiary alicyclic amines) is 1. The molecule has 0 spiro atoms. The second-order valence-corrected chi connectivity index (χ2v) is 12.3. The van der Waals surface area contributed by atoms with Crippen molar-refractivity contribution in [3.8, 4) is 5.75 Å². The molecule has 1 aliphatic rings. The van der Waals surface area contributed by atoms with Crippen molar-refractivity contribution in [3.63, 3.8) is 0 Å². The number of carbonyl (C=O) groups is 2. The van der Waals surface area contributed by atoms with Crippen LogP contribution in [0.5, 0.6) is 5.75 Å². The number of halogens is 1. The molecule has 1 amide bonds. The van der Waals surface area contributed by atoms with Crippen molar-refractivity contribution >= 4 is 33.4 Å². The highest BCUT2D eigenvalue weighted by Gasteiger charge is 2.48. The molecule has 0 aromatic heterocycles. The molecule has 0 saturated carbocycles. The Morgan fingerprint density at radius 2 is 1.44 bits per heavy atom. The van der Waals surface area contributed by atoms with Crippen LogP contribution in [0.25, 0.3) is 21.5 Å². The molecule has 7 heteroatoms. The van der Waals surface area contributed by atoms with E-state index in [9.17, 15) is 14.7 Å². The maximum absolute atomic E-state index is 15.3. The highest BCUT2D eigenvalue weighted by molar-refractivity contribution is 5.96. The molecule has 1 N–H and O–H groups in total. The number of aliphatic hydroxyl groups is 1. The van der Waals surface area contributed by atoms with Crippen molar-refractivity contribution in [1.82, 2.24) is 4.90 Å². The Labute approximate surface area is 280 Å². The molecule has 1 heterocycles. The van der Waals surface area contributed by atoms with Crippen LogP contribution in [-0.4, -0.2) is 47.7 Å². The summed E-state index contributed by atoms with van der Waals surface area (Å²) in [6.07, 6.45) is 5.57. The van der Waals surface area contributed by atoms with E-state index in [4.69, 9.17) is 9.47 Å². The van der Waals surface area contributed by atoms with Crippen LogP contribution >= 0.6 is 0 Å². The van der Waals surface area contributed by atoms with Crippen LogP contribution in [0.4, 0.5) is 4.39 Å². The average Bonchev–Trinajstić information content (AvgIpc) is 3.63. The van der Waals surface area contributed by atoms with E-state index >= 15 is 4.39 Å². The van der Waals surface area contributed by atoms with Gasteiger partial charge >= 0.3 is 5.97 Å². The van der Waals surface area contributed by atoms with Crippen LogP contribution in [0, 0.1) is 5.82 Å². The summed E-state index contributed by atoms with van der Waals surface area (Å²) < 4.78 is 26.0. The number of hydrogen-bond donors (Lipinski definition) is 1. The van der Waals surface area contributed by atoms with Crippen molar-refractivity contribution in [2.45, 2.75) is 50.2 Å². The largest absolute Gasteiger partial charge is 0.491 e. The maximum Gasteiger partial charge on any atom is 0.330 e. The molecular weight excluding hydrogens is 605 g/mol. The molecule has 246 valence electrons.